The Hall–Kier alpha value is -1.52. The number of rotatable bonds is 4. The standard InChI is InChI=1S/C11H11F3O2/c1-3-8-9(6(2)15)4-7(5-10(8)12)16-11(13)14/h4-5,11H,3H2,1-2H3. The van der Waals surface area contributed by atoms with Crippen molar-refractivity contribution in [1.29, 1.82) is 0 Å². The van der Waals surface area contributed by atoms with Crippen LogP contribution >= 0.6 is 0 Å². The van der Waals surface area contributed by atoms with E-state index in [0.717, 1.165) is 12.1 Å². The van der Waals surface area contributed by atoms with E-state index < -0.39 is 12.4 Å². The highest BCUT2D eigenvalue weighted by molar-refractivity contribution is 5.96. The molecule has 0 unspecified atom stereocenters. The number of ketones is 1. The highest BCUT2D eigenvalue weighted by atomic mass is 19.3. The van der Waals surface area contributed by atoms with Crippen molar-refractivity contribution in [3.05, 3.63) is 29.1 Å². The first-order chi connectivity index (χ1) is 7.45. The Balaban J connectivity index is 3.22. The van der Waals surface area contributed by atoms with Gasteiger partial charge in [0.25, 0.3) is 0 Å². The van der Waals surface area contributed by atoms with Crippen LogP contribution in [0.3, 0.4) is 0 Å². The molecule has 0 fully saturated rings. The van der Waals surface area contributed by atoms with Crippen LogP contribution in [-0.4, -0.2) is 12.4 Å². The second-order valence-electron chi connectivity index (χ2n) is 3.22. The Bertz CT molecular complexity index is 402. The Morgan fingerprint density at radius 2 is 2.06 bits per heavy atom. The summed E-state index contributed by atoms with van der Waals surface area (Å²) >= 11 is 0. The van der Waals surface area contributed by atoms with E-state index in [2.05, 4.69) is 4.74 Å². The van der Waals surface area contributed by atoms with Gasteiger partial charge in [-0.1, -0.05) is 6.92 Å². The van der Waals surface area contributed by atoms with Gasteiger partial charge in [0.05, 0.1) is 0 Å². The van der Waals surface area contributed by atoms with Crippen LogP contribution < -0.4 is 4.74 Å². The predicted molar refractivity (Wildman–Crippen MR) is 52.4 cm³/mol. The van der Waals surface area contributed by atoms with E-state index in [1.807, 2.05) is 0 Å². The van der Waals surface area contributed by atoms with Gasteiger partial charge in [-0.05, 0) is 25.0 Å². The molecular weight excluding hydrogens is 221 g/mol. The van der Waals surface area contributed by atoms with Gasteiger partial charge in [0.2, 0.25) is 0 Å². The van der Waals surface area contributed by atoms with Gasteiger partial charge < -0.3 is 4.74 Å². The molecule has 88 valence electrons. The highest BCUT2D eigenvalue weighted by Crippen LogP contribution is 2.24. The van der Waals surface area contributed by atoms with Crippen molar-refractivity contribution in [3.8, 4) is 5.75 Å². The van der Waals surface area contributed by atoms with Gasteiger partial charge >= 0.3 is 6.61 Å². The predicted octanol–water partition coefficient (Wildman–Crippen LogP) is 3.19. The van der Waals surface area contributed by atoms with Crippen LogP contribution in [0.1, 0.15) is 29.8 Å². The largest absolute Gasteiger partial charge is 0.435 e. The fourth-order valence-corrected chi connectivity index (χ4v) is 1.46. The number of carbonyl (C=O) groups excluding carboxylic acids is 1. The molecule has 0 aliphatic carbocycles. The van der Waals surface area contributed by atoms with E-state index >= 15 is 0 Å². The first kappa shape index (κ1) is 12.5. The number of hydrogen-bond acceptors (Lipinski definition) is 2. The van der Waals surface area contributed by atoms with Gasteiger partial charge in [0.15, 0.2) is 5.78 Å². The number of Topliss-reactive ketones (excluding diaryl/α,β-unsaturated/α-hetero) is 1. The third kappa shape index (κ3) is 2.74. The summed E-state index contributed by atoms with van der Waals surface area (Å²) in [6, 6.07) is 1.99. The summed E-state index contributed by atoms with van der Waals surface area (Å²) in [5, 5.41) is 0. The van der Waals surface area contributed by atoms with Gasteiger partial charge in [-0.2, -0.15) is 8.78 Å². The van der Waals surface area contributed by atoms with Gasteiger partial charge in [-0.3, -0.25) is 4.79 Å². The normalized spacial score (nSPS) is 10.6. The molecule has 0 heterocycles. The Morgan fingerprint density at radius 1 is 1.44 bits per heavy atom. The monoisotopic (exact) mass is 232 g/mol. The Morgan fingerprint density at radius 3 is 2.50 bits per heavy atom. The molecule has 0 radical (unpaired) electrons. The number of halogens is 3. The first-order valence-corrected chi connectivity index (χ1v) is 4.73. The van der Waals surface area contributed by atoms with Crippen molar-refractivity contribution in [2.75, 3.05) is 0 Å². The summed E-state index contributed by atoms with van der Waals surface area (Å²) in [6.45, 7) is -0.106. The number of alkyl halides is 2. The summed E-state index contributed by atoms with van der Waals surface area (Å²) in [5.74, 6) is -1.42. The lowest BCUT2D eigenvalue weighted by molar-refractivity contribution is -0.0500. The molecule has 0 saturated heterocycles. The molecule has 0 aliphatic rings. The maximum Gasteiger partial charge on any atom is 0.387 e. The lowest BCUT2D eigenvalue weighted by Crippen LogP contribution is -2.07. The summed E-state index contributed by atoms with van der Waals surface area (Å²) < 4.78 is 41.4. The second-order valence-corrected chi connectivity index (χ2v) is 3.22. The van der Waals surface area contributed by atoms with Crippen LogP contribution in [0.5, 0.6) is 5.75 Å². The Labute approximate surface area is 91.0 Å². The third-order valence-corrected chi connectivity index (χ3v) is 2.13. The fourth-order valence-electron chi connectivity index (χ4n) is 1.46. The molecule has 0 N–H and O–H groups in total. The molecule has 0 saturated carbocycles. The van der Waals surface area contributed by atoms with Crippen molar-refractivity contribution in [3.63, 3.8) is 0 Å². The summed E-state index contributed by atoms with van der Waals surface area (Å²) in [7, 11) is 0. The number of hydrogen-bond donors (Lipinski definition) is 0. The Kier molecular flexibility index (Phi) is 3.93. The van der Waals surface area contributed by atoms with Crippen LogP contribution in [0.2, 0.25) is 0 Å². The van der Waals surface area contributed by atoms with Gasteiger partial charge in [0.1, 0.15) is 11.6 Å². The number of ether oxygens (including phenoxy) is 1. The van der Waals surface area contributed by atoms with Crippen LogP contribution in [0.25, 0.3) is 0 Å². The molecule has 1 aromatic carbocycles. The van der Waals surface area contributed by atoms with E-state index in [0.29, 0.717) is 6.42 Å². The quantitative estimate of drug-likeness (QED) is 0.745. The summed E-state index contributed by atoms with van der Waals surface area (Å²) in [6.07, 6.45) is 0.315. The maximum atomic E-state index is 13.4. The van der Waals surface area contributed by atoms with Crippen LogP contribution in [0.4, 0.5) is 13.2 Å². The molecule has 0 spiro atoms. The van der Waals surface area contributed by atoms with Crippen LogP contribution in [0.15, 0.2) is 12.1 Å². The second kappa shape index (κ2) is 5.01. The van der Waals surface area contributed by atoms with E-state index in [1.54, 1.807) is 6.92 Å². The molecule has 1 aromatic rings. The first-order valence-electron chi connectivity index (χ1n) is 4.73. The minimum Gasteiger partial charge on any atom is -0.435 e. The third-order valence-electron chi connectivity index (χ3n) is 2.13. The molecule has 0 amide bonds. The molecule has 16 heavy (non-hydrogen) atoms. The molecule has 0 aromatic heterocycles. The van der Waals surface area contributed by atoms with E-state index in [9.17, 15) is 18.0 Å². The van der Waals surface area contributed by atoms with Gasteiger partial charge in [0, 0.05) is 11.6 Å². The highest BCUT2D eigenvalue weighted by Gasteiger charge is 2.15. The summed E-state index contributed by atoms with van der Waals surface area (Å²) in [5.41, 5.74) is 0.298. The molecule has 0 aliphatic heterocycles. The van der Waals surface area contributed by atoms with Gasteiger partial charge in [-0.15, -0.1) is 0 Å². The average Bonchev–Trinajstić information content (AvgIpc) is 2.15. The minimum atomic E-state index is -3.04. The average molecular weight is 232 g/mol. The molecule has 2 nitrogen and oxygen atoms in total. The zero-order chi connectivity index (χ0) is 12.3. The topological polar surface area (TPSA) is 26.3 Å². The fraction of sp³-hybridized carbons (Fsp3) is 0.364. The smallest absolute Gasteiger partial charge is 0.387 e. The van der Waals surface area contributed by atoms with Crippen molar-refractivity contribution in [1.82, 2.24) is 0 Å². The summed E-state index contributed by atoms with van der Waals surface area (Å²) in [4.78, 5) is 11.2. The molecule has 5 heteroatoms. The van der Waals surface area contributed by atoms with E-state index in [-0.39, 0.29) is 22.7 Å². The minimum absolute atomic E-state index is 0.0816. The zero-order valence-electron chi connectivity index (χ0n) is 8.89. The molecular formula is C11H11F3O2. The van der Waals surface area contributed by atoms with Crippen LogP contribution in [-0.2, 0) is 6.42 Å². The van der Waals surface area contributed by atoms with E-state index in [4.69, 9.17) is 0 Å². The molecule has 0 atom stereocenters. The molecule has 1 rings (SSSR count). The lowest BCUT2D eigenvalue weighted by Gasteiger charge is -2.10. The van der Waals surface area contributed by atoms with Crippen molar-refractivity contribution in [2.24, 2.45) is 0 Å². The van der Waals surface area contributed by atoms with Crippen LogP contribution in [0, 0.1) is 5.82 Å². The maximum absolute atomic E-state index is 13.4. The lowest BCUT2D eigenvalue weighted by atomic mass is 10.0. The zero-order valence-corrected chi connectivity index (χ0v) is 8.89. The van der Waals surface area contributed by atoms with Crippen molar-refractivity contribution < 1.29 is 22.7 Å². The molecule has 0 bridgehead atoms. The van der Waals surface area contributed by atoms with Crippen molar-refractivity contribution >= 4 is 5.78 Å². The number of carbonyl (C=O) groups is 1. The van der Waals surface area contributed by atoms with Crippen molar-refractivity contribution in [2.45, 2.75) is 26.9 Å². The van der Waals surface area contributed by atoms with Gasteiger partial charge in [-0.25, -0.2) is 4.39 Å². The van der Waals surface area contributed by atoms with E-state index in [1.165, 1.54) is 6.92 Å². The SMILES string of the molecule is CCc1c(F)cc(OC(F)F)cc1C(C)=O. The number of benzene rings is 1.